The zero-order chi connectivity index (χ0) is 13.2. The van der Waals surface area contributed by atoms with Gasteiger partial charge in [0, 0.05) is 4.90 Å². The highest BCUT2D eigenvalue weighted by Crippen LogP contribution is 2.30. The van der Waals surface area contributed by atoms with Crippen molar-refractivity contribution in [1.82, 2.24) is 5.32 Å². The number of hydrogen-bond donors (Lipinski definition) is 2. The normalized spacial score (nSPS) is 18.3. The lowest BCUT2D eigenvalue weighted by molar-refractivity contribution is -0.144. The Labute approximate surface area is 112 Å². The zero-order valence-electron chi connectivity index (χ0n) is 10.8. The lowest BCUT2D eigenvalue weighted by Crippen LogP contribution is -2.47. The fourth-order valence-electron chi connectivity index (χ4n) is 1.90. The number of hydrogen-bond acceptors (Lipinski definition) is 3. The number of carboxylic acids is 1. The smallest absolute Gasteiger partial charge is 0.328 e. The first kappa shape index (κ1) is 13.4. The maximum Gasteiger partial charge on any atom is 0.328 e. The quantitative estimate of drug-likeness (QED) is 0.776. The number of nitrogens with one attached hydrogen (secondary N) is 1. The van der Waals surface area contributed by atoms with E-state index in [4.69, 9.17) is 0 Å². The second-order valence-electron chi connectivity index (χ2n) is 4.98. The summed E-state index contributed by atoms with van der Waals surface area (Å²) >= 11 is 1.66. The van der Waals surface area contributed by atoms with E-state index in [1.54, 1.807) is 18.7 Å². The van der Waals surface area contributed by atoms with E-state index in [9.17, 15) is 9.90 Å². The van der Waals surface area contributed by atoms with Crippen LogP contribution < -0.4 is 5.32 Å². The molecule has 0 saturated heterocycles. The molecule has 0 bridgehead atoms. The highest BCUT2D eigenvalue weighted by Gasteiger charge is 2.36. The molecule has 1 aromatic carbocycles. The Balaban J connectivity index is 2.17. The summed E-state index contributed by atoms with van der Waals surface area (Å²) in [4.78, 5) is 12.7. The predicted octanol–water partition coefficient (Wildman–Crippen LogP) is 2.71. The van der Waals surface area contributed by atoms with Crippen LogP contribution in [-0.4, -0.2) is 23.9 Å². The first-order chi connectivity index (χ1) is 8.56. The molecular formula is C14H19NO2S. The van der Waals surface area contributed by atoms with Crippen molar-refractivity contribution in [3.8, 4) is 0 Å². The molecule has 1 unspecified atom stereocenters. The molecule has 0 radical (unpaired) electrons. The molecule has 1 fully saturated rings. The summed E-state index contributed by atoms with van der Waals surface area (Å²) in [5.74, 6) is -0.158. The second kappa shape index (κ2) is 5.33. The Morgan fingerprint density at radius 1 is 1.44 bits per heavy atom. The van der Waals surface area contributed by atoms with Gasteiger partial charge < -0.3 is 5.11 Å². The standard InChI is InChI=1S/C14H19NO2S/c1-14(13(16)17,15-9-10-3-4-10)11-5-7-12(18-2)8-6-11/h5-8,10,15H,3-4,9H2,1-2H3,(H,16,17). The summed E-state index contributed by atoms with van der Waals surface area (Å²) in [6.07, 6.45) is 4.44. The van der Waals surface area contributed by atoms with Crippen LogP contribution in [0.4, 0.5) is 0 Å². The Bertz CT molecular complexity index is 428. The van der Waals surface area contributed by atoms with E-state index >= 15 is 0 Å². The molecule has 18 heavy (non-hydrogen) atoms. The van der Waals surface area contributed by atoms with Gasteiger partial charge in [0.1, 0.15) is 5.54 Å². The summed E-state index contributed by atoms with van der Waals surface area (Å²) in [5.41, 5.74) is -0.173. The van der Waals surface area contributed by atoms with Gasteiger partial charge in [-0.15, -0.1) is 11.8 Å². The molecule has 0 aromatic heterocycles. The minimum absolute atomic E-state index is 0.661. The van der Waals surface area contributed by atoms with Crippen molar-refractivity contribution in [1.29, 1.82) is 0 Å². The van der Waals surface area contributed by atoms with Crippen LogP contribution in [0.3, 0.4) is 0 Å². The van der Waals surface area contributed by atoms with Crippen LogP contribution in [0.2, 0.25) is 0 Å². The van der Waals surface area contributed by atoms with E-state index < -0.39 is 11.5 Å². The number of rotatable bonds is 6. The van der Waals surface area contributed by atoms with Crippen LogP contribution >= 0.6 is 11.8 Å². The van der Waals surface area contributed by atoms with E-state index in [-0.39, 0.29) is 0 Å². The summed E-state index contributed by atoms with van der Waals surface area (Å²) in [7, 11) is 0. The summed E-state index contributed by atoms with van der Waals surface area (Å²) in [5, 5.41) is 12.7. The van der Waals surface area contributed by atoms with Crippen molar-refractivity contribution in [3.05, 3.63) is 29.8 Å². The van der Waals surface area contributed by atoms with Gasteiger partial charge in [-0.25, -0.2) is 4.79 Å². The minimum atomic E-state index is -0.987. The number of carboxylic acid groups (broad SMARTS) is 1. The highest BCUT2D eigenvalue weighted by molar-refractivity contribution is 7.98. The van der Waals surface area contributed by atoms with Crippen molar-refractivity contribution in [2.24, 2.45) is 5.92 Å². The van der Waals surface area contributed by atoms with Gasteiger partial charge in [0.15, 0.2) is 0 Å². The van der Waals surface area contributed by atoms with Gasteiger partial charge in [-0.2, -0.15) is 0 Å². The van der Waals surface area contributed by atoms with Crippen molar-refractivity contribution in [2.45, 2.75) is 30.2 Å². The molecule has 0 amide bonds. The van der Waals surface area contributed by atoms with Crippen LogP contribution in [0.5, 0.6) is 0 Å². The molecule has 0 heterocycles. The average molecular weight is 265 g/mol. The van der Waals surface area contributed by atoms with Crippen molar-refractivity contribution < 1.29 is 9.90 Å². The first-order valence-electron chi connectivity index (χ1n) is 6.19. The average Bonchev–Trinajstić information content (AvgIpc) is 3.20. The molecule has 98 valence electrons. The number of thioether (sulfide) groups is 1. The number of aliphatic carboxylic acids is 1. The molecule has 0 aliphatic heterocycles. The maximum absolute atomic E-state index is 11.5. The summed E-state index contributed by atoms with van der Waals surface area (Å²) in [6.45, 7) is 2.53. The van der Waals surface area contributed by atoms with Crippen molar-refractivity contribution >= 4 is 17.7 Å². The van der Waals surface area contributed by atoms with Crippen LogP contribution in [0.25, 0.3) is 0 Å². The molecule has 1 atom stereocenters. The lowest BCUT2D eigenvalue weighted by atomic mass is 9.92. The van der Waals surface area contributed by atoms with Crippen LogP contribution in [0.1, 0.15) is 25.3 Å². The third-order valence-corrected chi connectivity index (χ3v) is 4.28. The van der Waals surface area contributed by atoms with Crippen LogP contribution in [-0.2, 0) is 10.3 Å². The third kappa shape index (κ3) is 2.87. The van der Waals surface area contributed by atoms with E-state index in [0.717, 1.165) is 17.0 Å². The Hall–Kier alpha value is -1.00. The molecule has 1 saturated carbocycles. The molecule has 1 aliphatic rings. The molecule has 4 heteroatoms. The lowest BCUT2D eigenvalue weighted by Gasteiger charge is -2.27. The van der Waals surface area contributed by atoms with Gasteiger partial charge in [-0.1, -0.05) is 12.1 Å². The predicted molar refractivity (Wildman–Crippen MR) is 73.9 cm³/mol. The summed E-state index contributed by atoms with van der Waals surface area (Å²) in [6, 6.07) is 7.75. The molecule has 2 N–H and O–H groups in total. The molecule has 0 spiro atoms. The van der Waals surface area contributed by atoms with E-state index in [0.29, 0.717) is 5.92 Å². The monoisotopic (exact) mass is 265 g/mol. The largest absolute Gasteiger partial charge is 0.480 e. The number of carbonyl (C=O) groups is 1. The topological polar surface area (TPSA) is 49.3 Å². The van der Waals surface area contributed by atoms with Gasteiger partial charge in [0.2, 0.25) is 0 Å². The minimum Gasteiger partial charge on any atom is -0.480 e. The van der Waals surface area contributed by atoms with Gasteiger partial charge in [-0.3, -0.25) is 5.32 Å². The van der Waals surface area contributed by atoms with Gasteiger partial charge in [-0.05, 0) is 56.2 Å². The van der Waals surface area contributed by atoms with Gasteiger partial charge in [0.25, 0.3) is 0 Å². The Morgan fingerprint density at radius 2 is 2.06 bits per heavy atom. The Kier molecular flexibility index (Phi) is 3.97. The molecule has 3 nitrogen and oxygen atoms in total. The first-order valence-corrected chi connectivity index (χ1v) is 7.41. The van der Waals surface area contributed by atoms with E-state index in [2.05, 4.69) is 5.32 Å². The van der Waals surface area contributed by atoms with Crippen molar-refractivity contribution in [2.75, 3.05) is 12.8 Å². The van der Waals surface area contributed by atoms with Gasteiger partial charge >= 0.3 is 5.97 Å². The zero-order valence-corrected chi connectivity index (χ0v) is 11.6. The Morgan fingerprint density at radius 3 is 2.50 bits per heavy atom. The fourth-order valence-corrected chi connectivity index (χ4v) is 2.30. The fraction of sp³-hybridized carbons (Fsp3) is 0.500. The molecular weight excluding hydrogens is 246 g/mol. The third-order valence-electron chi connectivity index (χ3n) is 3.54. The van der Waals surface area contributed by atoms with Crippen LogP contribution in [0, 0.1) is 5.92 Å². The van der Waals surface area contributed by atoms with Gasteiger partial charge in [0.05, 0.1) is 0 Å². The van der Waals surface area contributed by atoms with E-state index in [1.807, 2.05) is 30.5 Å². The SMILES string of the molecule is CSc1ccc(C(C)(NCC2CC2)C(=O)O)cc1. The summed E-state index contributed by atoms with van der Waals surface area (Å²) < 4.78 is 0. The maximum atomic E-state index is 11.5. The van der Waals surface area contributed by atoms with Crippen LogP contribution in [0.15, 0.2) is 29.2 Å². The molecule has 1 aliphatic carbocycles. The number of benzene rings is 1. The molecule has 1 aromatic rings. The molecule has 2 rings (SSSR count). The van der Waals surface area contributed by atoms with Crippen molar-refractivity contribution in [3.63, 3.8) is 0 Å². The second-order valence-corrected chi connectivity index (χ2v) is 5.86. The van der Waals surface area contributed by atoms with E-state index in [1.165, 1.54) is 12.8 Å². The highest BCUT2D eigenvalue weighted by atomic mass is 32.2.